The molecule has 0 aliphatic heterocycles. The van der Waals surface area contributed by atoms with E-state index in [-0.39, 0.29) is 5.78 Å². The minimum absolute atomic E-state index is 0.280. The minimum atomic E-state index is 0.280. The highest BCUT2D eigenvalue weighted by Crippen LogP contribution is 2.19. The molecule has 108 valence electrons. The summed E-state index contributed by atoms with van der Waals surface area (Å²) >= 11 is 0. The molecule has 19 heavy (non-hydrogen) atoms. The zero-order valence-electron chi connectivity index (χ0n) is 13.1. The Hall–Kier alpha value is -1.05. The van der Waals surface area contributed by atoms with Gasteiger partial charge in [-0.2, -0.15) is 0 Å². The average Bonchev–Trinajstić information content (AvgIpc) is 2.65. The summed E-state index contributed by atoms with van der Waals surface area (Å²) < 4.78 is 0. The van der Waals surface area contributed by atoms with Crippen LogP contribution >= 0.6 is 0 Å². The third kappa shape index (κ3) is 4.85. The molecule has 1 aromatic rings. The molecule has 1 aromatic heterocycles. The van der Waals surface area contributed by atoms with Gasteiger partial charge in [0.05, 0.1) is 5.69 Å². The number of Topliss-reactive ketones (excluding diaryl/α,β-unsaturated/α-hetero) is 1. The molecule has 0 atom stereocenters. The molecule has 1 N–H and O–H groups in total. The van der Waals surface area contributed by atoms with Gasteiger partial charge in [-0.3, -0.25) is 4.79 Å². The van der Waals surface area contributed by atoms with Crippen molar-refractivity contribution in [2.75, 3.05) is 0 Å². The summed E-state index contributed by atoms with van der Waals surface area (Å²) in [5.41, 5.74) is 4.31. The van der Waals surface area contributed by atoms with Gasteiger partial charge in [0.1, 0.15) is 0 Å². The zero-order valence-corrected chi connectivity index (χ0v) is 13.1. The molecule has 1 heterocycles. The molecule has 0 unspecified atom stereocenters. The van der Waals surface area contributed by atoms with Crippen LogP contribution in [0.25, 0.3) is 0 Å². The van der Waals surface area contributed by atoms with Gasteiger partial charge in [-0.15, -0.1) is 0 Å². The molecule has 0 fully saturated rings. The Kier molecular flexibility index (Phi) is 6.90. The quantitative estimate of drug-likeness (QED) is 0.478. The highest BCUT2D eigenvalue weighted by atomic mass is 16.1. The summed E-state index contributed by atoms with van der Waals surface area (Å²) in [5, 5.41) is 0. The summed E-state index contributed by atoms with van der Waals surface area (Å²) in [6.45, 7) is 8.39. The smallest absolute Gasteiger partial charge is 0.179 e. The van der Waals surface area contributed by atoms with Gasteiger partial charge < -0.3 is 4.98 Å². The summed E-state index contributed by atoms with van der Waals surface area (Å²) in [5.74, 6) is 0.280. The summed E-state index contributed by atoms with van der Waals surface area (Å²) in [6, 6.07) is 0. The Morgan fingerprint density at radius 1 is 0.895 bits per heavy atom. The van der Waals surface area contributed by atoms with Crippen molar-refractivity contribution in [2.24, 2.45) is 0 Å². The van der Waals surface area contributed by atoms with Gasteiger partial charge in [0.25, 0.3) is 0 Å². The van der Waals surface area contributed by atoms with E-state index >= 15 is 0 Å². The van der Waals surface area contributed by atoms with Crippen LogP contribution in [0.4, 0.5) is 0 Å². The van der Waals surface area contributed by atoms with Gasteiger partial charge in [-0.1, -0.05) is 45.4 Å². The van der Waals surface area contributed by atoms with Crippen molar-refractivity contribution in [3.63, 3.8) is 0 Å². The number of rotatable bonds is 9. The molecule has 0 saturated carbocycles. The lowest BCUT2D eigenvalue weighted by molar-refractivity contribution is 0.0974. The number of nitrogens with one attached hydrogen (secondary N) is 1. The van der Waals surface area contributed by atoms with Crippen LogP contribution < -0.4 is 0 Å². The van der Waals surface area contributed by atoms with E-state index in [1.54, 1.807) is 0 Å². The molecule has 0 aliphatic carbocycles. The predicted octanol–water partition coefficient (Wildman–Crippen LogP) is 5.26. The highest BCUT2D eigenvalue weighted by molar-refractivity contribution is 5.96. The summed E-state index contributed by atoms with van der Waals surface area (Å²) in [6.07, 6.45) is 9.49. The van der Waals surface area contributed by atoms with Gasteiger partial charge in [-0.05, 0) is 38.3 Å². The van der Waals surface area contributed by atoms with Crippen LogP contribution in [0.1, 0.15) is 85.6 Å². The molecule has 0 radical (unpaired) electrons. The van der Waals surface area contributed by atoms with Crippen molar-refractivity contribution in [2.45, 2.75) is 79.1 Å². The highest BCUT2D eigenvalue weighted by Gasteiger charge is 2.14. The number of unbranched alkanes of at least 4 members (excludes halogenated alkanes) is 6. The lowest BCUT2D eigenvalue weighted by Gasteiger charge is -2.02. The average molecular weight is 263 g/mol. The second-order valence-electron chi connectivity index (χ2n) is 5.67. The van der Waals surface area contributed by atoms with Gasteiger partial charge in [0.2, 0.25) is 0 Å². The van der Waals surface area contributed by atoms with Crippen molar-refractivity contribution in [1.29, 1.82) is 0 Å². The second-order valence-corrected chi connectivity index (χ2v) is 5.67. The van der Waals surface area contributed by atoms with E-state index in [9.17, 15) is 4.79 Å². The normalized spacial score (nSPS) is 10.9. The topological polar surface area (TPSA) is 32.9 Å². The third-order valence-electron chi connectivity index (χ3n) is 4.10. The Labute approximate surface area is 118 Å². The van der Waals surface area contributed by atoms with E-state index in [1.165, 1.54) is 44.1 Å². The van der Waals surface area contributed by atoms with E-state index in [1.807, 2.05) is 13.8 Å². The first-order valence-corrected chi connectivity index (χ1v) is 7.76. The van der Waals surface area contributed by atoms with E-state index in [0.29, 0.717) is 6.42 Å². The molecule has 0 bridgehead atoms. The SMILES string of the molecule is CCCCCCCCCC(=O)c1[nH]c(C)c(C)c1C. The first kappa shape index (κ1) is 16.0. The van der Waals surface area contributed by atoms with Crippen LogP contribution in [0, 0.1) is 20.8 Å². The third-order valence-corrected chi connectivity index (χ3v) is 4.10. The number of aromatic amines is 1. The molecular formula is C17H29NO. The number of hydrogen-bond acceptors (Lipinski definition) is 1. The van der Waals surface area contributed by atoms with Crippen LogP contribution in [0.3, 0.4) is 0 Å². The first-order valence-electron chi connectivity index (χ1n) is 7.76. The lowest BCUT2D eigenvalue weighted by Crippen LogP contribution is -2.01. The molecule has 2 heteroatoms. The fourth-order valence-electron chi connectivity index (χ4n) is 2.49. The number of aryl methyl sites for hydroxylation is 1. The predicted molar refractivity (Wildman–Crippen MR) is 81.9 cm³/mol. The van der Waals surface area contributed by atoms with Crippen molar-refractivity contribution in [3.8, 4) is 0 Å². The molecule has 2 nitrogen and oxygen atoms in total. The van der Waals surface area contributed by atoms with Crippen LogP contribution in [-0.4, -0.2) is 10.8 Å². The van der Waals surface area contributed by atoms with Gasteiger partial charge >= 0.3 is 0 Å². The van der Waals surface area contributed by atoms with E-state index in [0.717, 1.165) is 23.4 Å². The van der Waals surface area contributed by atoms with Crippen molar-refractivity contribution < 1.29 is 4.79 Å². The number of H-pyrrole nitrogens is 1. The Bertz CT molecular complexity index is 404. The Balaban J connectivity index is 2.26. The number of ketones is 1. The van der Waals surface area contributed by atoms with E-state index in [2.05, 4.69) is 18.8 Å². The van der Waals surface area contributed by atoms with Crippen molar-refractivity contribution >= 4 is 5.78 Å². The maximum atomic E-state index is 12.1. The fourth-order valence-corrected chi connectivity index (χ4v) is 2.49. The molecular weight excluding hydrogens is 234 g/mol. The van der Waals surface area contributed by atoms with E-state index in [4.69, 9.17) is 0 Å². The first-order chi connectivity index (χ1) is 9.07. The number of carbonyl (C=O) groups is 1. The molecule has 0 aliphatic rings. The van der Waals surface area contributed by atoms with Crippen LogP contribution in [0.5, 0.6) is 0 Å². The van der Waals surface area contributed by atoms with Gasteiger partial charge in [0.15, 0.2) is 5.78 Å². The number of aromatic nitrogens is 1. The Morgan fingerprint density at radius 2 is 1.47 bits per heavy atom. The zero-order chi connectivity index (χ0) is 14.3. The van der Waals surface area contributed by atoms with Gasteiger partial charge in [-0.25, -0.2) is 0 Å². The van der Waals surface area contributed by atoms with E-state index < -0.39 is 0 Å². The summed E-state index contributed by atoms with van der Waals surface area (Å²) in [4.78, 5) is 15.4. The standard InChI is InChI=1S/C17H29NO/c1-5-6-7-8-9-10-11-12-16(19)17-14(3)13(2)15(4)18-17/h18H,5-12H2,1-4H3. The van der Waals surface area contributed by atoms with Crippen LogP contribution in [0.2, 0.25) is 0 Å². The maximum absolute atomic E-state index is 12.1. The molecule has 0 spiro atoms. The number of hydrogen-bond donors (Lipinski definition) is 1. The number of carbonyl (C=O) groups excluding carboxylic acids is 1. The molecule has 0 amide bonds. The second kappa shape index (κ2) is 8.19. The minimum Gasteiger partial charge on any atom is -0.356 e. The fraction of sp³-hybridized carbons (Fsp3) is 0.706. The maximum Gasteiger partial charge on any atom is 0.179 e. The Morgan fingerprint density at radius 3 is 2.00 bits per heavy atom. The molecule has 0 saturated heterocycles. The summed E-state index contributed by atoms with van der Waals surface area (Å²) in [7, 11) is 0. The molecule has 0 aromatic carbocycles. The van der Waals surface area contributed by atoms with Gasteiger partial charge in [0, 0.05) is 12.1 Å². The van der Waals surface area contributed by atoms with Crippen LogP contribution in [-0.2, 0) is 0 Å². The molecule has 1 rings (SSSR count). The van der Waals surface area contributed by atoms with Crippen molar-refractivity contribution in [1.82, 2.24) is 4.98 Å². The largest absolute Gasteiger partial charge is 0.356 e. The monoisotopic (exact) mass is 263 g/mol. The lowest BCUT2D eigenvalue weighted by atomic mass is 10.0. The van der Waals surface area contributed by atoms with Crippen molar-refractivity contribution in [3.05, 3.63) is 22.5 Å². The van der Waals surface area contributed by atoms with Crippen LogP contribution in [0.15, 0.2) is 0 Å².